The maximum atomic E-state index is 12.9. The van der Waals surface area contributed by atoms with Crippen molar-refractivity contribution in [1.82, 2.24) is 14.7 Å². The van der Waals surface area contributed by atoms with Crippen LogP contribution in [-0.4, -0.2) is 33.7 Å². The highest BCUT2D eigenvalue weighted by molar-refractivity contribution is 5.92. The number of likely N-dealkylation sites (tertiary alicyclic amines) is 1. The Morgan fingerprint density at radius 1 is 1.30 bits per heavy atom. The summed E-state index contributed by atoms with van der Waals surface area (Å²) in [4.78, 5) is 14.5. The summed E-state index contributed by atoms with van der Waals surface area (Å²) >= 11 is 0. The van der Waals surface area contributed by atoms with E-state index < -0.39 is 0 Å². The second-order valence-corrected chi connectivity index (χ2v) is 6.26. The van der Waals surface area contributed by atoms with Crippen LogP contribution in [0.1, 0.15) is 35.3 Å². The molecular weight excluding hydrogens is 293 g/mol. The fraction of sp³-hybridized carbons (Fsp3) is 0.444. The van der Waals surface area contributed by atoms with Gasteiger partial charge in [0.15, 0.2) is 0 Å². The Hall–Kier alpha value is -2.17. The third-order valence-electron chi connectivity index (χ3n) is 4.60. The van der Waals surface area contributed by atoms with Gasteiger partial charge in [0.2, 0.25) is 0 Å². The zero-order valence-electron chi connectivity index (χ0n) is 13.4. The van der Waals surface area contributed by atoms with E-state index in [0.29, 0.717) is 11.6 Å². The van der Waals surface area contributed by atoms with E-state index in [2.05, 4.69) is 5.10 Å². The third kappa shape index (κ3) is 3.78. The molecule has 1 aliphatic heterocycles. The van der Waals surface area contributed by atoms with Crippen LogP contribution in [0.3, 0.4) is 0 Å². The van der Waals surface area contributed by atoms with Gasteiger partial charge in [-0.3, -0.25) is 9.48 Å². The zero-order valence-corrected chi connectivity index (χ0v) is 13.4. The molecule has 0 aliphatic carbocycles. The topological polar surface area (TPSA) is 38.1 Å². The van der Waals surface area contributed by atoms with Gasteiger partial charge in [-0.15, -0.1) is 0 Å². The summed E-state index contributed by atoms with van der Waals surface area (Å²) in [7, 11) is 1.79. The number of nitrogens with zero attached hydrogens (tertiary/aromatic N) is 3. The van der Waals surface area contributed by atoms with Crippen LogP contribution in [0.4, 0.5) is 4.39 Å². The average Bonchev–Trinajstić information content (AvgIpc) is 3.00. The molecule has 5 heteroatoms. The first-order chi connectivity index (χ1) is 11.1. The van der Waals surface area contributed by atoms with Gasteiger partial charge < -0.3 is 4.90 Å². The third-order valence-corrected chi connectivity index (χ3v) is 4.60. The Morgan fingerprint density at radius 3 is 2.78 bits per heavy atom. The van der Waals surface area contributed by atoms with Crippen molar-refractivity contribution in [3.63, 3.8) is 0 Å². The van der Waals surface area contributed by atoms with Crippen LogP contribution < -0.4 is 0 Å². The second kappa shape index (κ2) is 6.94. The summed E-state index contributed by atoms with van der Waals surface area (Å²) in [6, 6.07) is 8.47. The van der Waals surface area contributed by atoms with E-state index in [-0.39, 0.29) is 11.7 Å². The highest BCUT2D eigenvalue weighted by atomic mass is 19.1. The Balaban J connectivity index is 1.57. The molecular formula is C18H22FN3O. The summed E-state index contributed by atoms with van der Waals surface area (Å²) in [5.41, 5.74) is 1.80. The van der Waals surface area contributed by atoms with E-state index in [4.69, 9.17) is 0 Å². The molecule has 0 spiro atoms. The second-order valence-electron chi connectivity index (χ2n) is 6.26. The monoisotopic (exact) mass is 315 g/mol. The molecule has 1 saturated heterocycles. The molecule has 0 radical (unpaired) electrons. The van der Waals surface area contributed by atoms with Crippen LogP contribution in [0.5, 0.6) is 0 Å². The molecule has 2 heterocycles. The van der Waals surface area contributed by atoms with Crippen molar-refractivity contribution < 1.29 is 9.18 Å². The number of hydrogen-bond donors (Lipinski definition) is 0. The van der Waals surface area contributed by atoms with Crippen molar-refractivity contribution in [2.24, 2.45) is 13.0 Å². The number of carbonyl (C=O) groups excluding carboxylic acids is 1. The minimum Gasteiger partial charge on any atom is -0.337 e. The molecule has 0 unspecified atom stereocenters. The van der Waals surface area contributed by atoms with E-state index in [1.54, 1.807) is 24.0 Å². The van der Waals surface area contributed by atoms with Gasteiger partial charge in [-0.1, -0.05) is 12.1 Å². The molecule has 1 aromatic carbocycles. The van der Waals surface area contributed by atoms with E-state index >= 15 is 0 Å². The van der Waals surface area contributed by atoms with Crippen LogP contribution in [0.25, 0.3) is 0 Å². The van der Waals surface area contributed by atoms with E-state index in [1.165, 1.54) is 12.1 Å². The molecule has 3 rings (SSSR count). The lowest BCUT2D eigenvalue weighted by molar-refractivity contribution is 0.0657. The SMILES string of the molecule is Cn1nccc1C(=O)N1CCC[C@@H](CCc2ccc(F)cc2)C1. The minimum atomic E-state index is -0.195. The fourth-order valence-corrected chi connectivity index (χ4v) is 3.25. The predicted molar refractivity (Wildman–Crippen MR) is 86.6 cm³/mol. The number of rotatable bonds is 4. The number of amides is 1. The summed E-state index contributed by atoms with van der Waals surface area (Å²) in [6.45, 7) is 1.61. The number of piperidine rings is 1. The molecule has 4 nitrogen and oxygen atoms in total. The van der Waals surface area contributed by atoms with Crippen molar-refractivity contribution in [1.29, 1.82) is 0 Å². The summed E-state index contributed by atoms with van der Waals surface area (Å²) < 4.78 is 14.6. The first kappa shape index (κ1) is 15.7. The van der Waals surface area contributed by atoms with Crippen LogP contribution in [0.15, 0.2) is 36.5 Å². The Bertz CT molecular complexity index is 665. The number of aryl methyl sites for hydroxylation is 2. The van der Waals surface area contributed by atoms with Crippen molar-refractivity contribution in [3.8, 4) is 0 Å². The molecule has 1 fully saturated rings. The largest absolute Gasteiger partial charge is 0.337 e. The number of carbonyl (C=O) groups is 1. The molecule has 0 bridgehead atoms. The average molecular weight is 315 g/mol. The van der Waals surface area contributed by atoms with Gasteiger partial charge in [-0.05, 0) is 55.4 Å². The molecule has 0 N–H and O–H groups in total. The Kier molecular flexibility index (Phi) is 4.74. The maximum Gasteiger partial charge on any atom is 0.272 e. The molecule has 2 aromatic rings. The Labute approximate surface area is 135 Å². The maximum absolute atomic E-state index is 12.9. The van der Waals surface area contributed by atoms with E-state index in [1.807, 2.05) is 17.0 Å². The lowest BCUT2D eigenvalue weighted by atomic mass is 9.91. The lowest BCUT2D eigenvalue weighted by Crippen LogP contribution is -2.40. The van der Waals surface area contributed by atoms with E-state index in [9.17, 15) is 9.18 Å². The van der Waals surface area contributed by atoms with Gasteiger partial charge in [0.25, 0.3) is 5.91 Å². The first-order valence-electron chi connectivity index (χ1n) is 8.15. The fourth-order valence-electron chi connectivity index (χ4n) is 3.25. The number of hydrogen-bond acceptors (Lipinski definition) is 2. The lowest BCUT2D eigenvalue weighted by Gasteiger charge is -2.32. The molecule has 1 aromatic heterocycles. The van der Waals surface area contributed by atoms with Crippen LogP contribution in [0, 0.1) is 11.7 Å². The summed E-state index contributed by atoms with van der Waals surface area (Å²) in [5, 5.41) is 4.07. The van der Waals surface area contributed by atoms with Gasteiger partial charge in [0, 0.05) is 26.3 Å². The van der Waals surface area contributed by atoms with Gasteiger partial charge >= 0.3 is 0 Å². The number of aromatic nitrogens is 2. The standard InChI is InChI=1S/C18H22FN3O/c1-21-17(10-11-20-21)18(23)22-12-2-3-15(13-22)5-4-14-6-8-16(19)9-7-14/h6-11,15H,2-5,12-13H2,1H3/t15-/m0/s1. The summed E-state index contributed by atoms with van der Waals surface area (Å²) in [6.07, 6.45) is 5.80. The minimum absolute atomic E-state index is 0.0662. The number of halogens is 1. The van der Waals surface area contributed by atoms with Crippen LogP contribution in [-0.2, 0) is 13.5 Å². The predicted octanol–water partition coefficient (Wildman–Crippen LogP) is 3.04. The van der Waals surface area contributed by atoms with E-state index in [0.717, 1.165) is 44.3 Å². The van der Waals surface area contributed by atoms with Crippen molar-refractivity contribution in [2.45, 2.75) is 25.7 Å². The van der Waals surface area contributed by atoms with Crippen molar-refractivity contribution in [2.75, 3.05) is 13.1 Å². The van der Waals surface area contributed by atoms with Crippen LogP contribution in [0.2, 0.25) is 0 Å². The first-order valence-corrected chi connectivity index (χ1v) is 8.15. The van der Waals surface area contributed by atoms with Gasteiger partial charge in [0.1, 0.15) is 11.5 Å². The Morgan fingerprint density at radius 2 is 2.09 bits per heavy atom. The highest BCUT2D eigenvalue weighted by Gasteiger charge is 2.25. The van der Waals surface area contributed by atoms with Crippen molar-refractivity contribution in [3.05, 3.63) is 53.6 Å². The molecule has 1 amide bonds. The normalized spacial score (nSPS) is 18.2. The molecule has 23 heavy (non-hydrogen) atoms. The van der Waals surface area contributed by atoms with Gasteiger partial charge in [-0.2, -0.15) is 5.10 Å². The van der Waals surface area contributed by atoms with Gasteiger partial charge in [-0.25, -0.2) is 4.39 Å². The molecule has 0 saturated carbocycles. The summed E-state index contributed by atoms with van der Waals surface area (Å²) in [5.74, 6) is 0.377. The quantitative estimate of drug-likeness (QED) is 0.870. The molecule has 1 atom stereocenters. The molecule has 122 valence electrons. The smallest absolute Gasteiger partial charge is 0.272 e. The van der Waals surface area contributed by atoms with Gasteiger partial charge in [0.05, 0.1) is 0 Å². The van der Waals surface area contributed by atoms with Crippen LogP contribution >= 0.6 is 0 Å². The highest BCUT2D eigenvalue weighted by Crippen LogP contribution is 2.23. The number of benzene rings is 1. The zero-order chi connectivity index (χ0) is 16.2. The van der Waals surface area contributed by atoms with Crippen molar-refractivity contribution >= 4 is 5.91 Å². The molecule has 1 aliphatic rings.